The van der Waals surface area contributed by atoms with Crippen molar-refractivity contribution in [3.05, 3.63) is 0 Å². The van der Waals surface area contributed by atoms with Crippen LogP contribution in [0.4, 0.5) is 0 Å². The molecule has 66 valence electrons. The first-order chi connectivity index (χ1) is 5.38. The Hall–Kier alpha value is 0.440. The third-order valence-electron chi connectivity index (χ3n) is 2.77. The molecule has 0 amide bonds. The van der Waals surface area contributed by atoms with E-state index in [-0.39, 0.29) is 0 Å². The number of nitrogens with one attached hydrogen (secondary N) is 1. The molecule has 1 aliphatic heterocycles. The Morgan fingerprint density at radius 3 is 2.55 bits per heavy atom. The van der Waals surface area contributed by atoms with Crippen LogP contribution in [0.2, 0.25) is 0 Å². The maximum Gasteiger partial charge on any atom is 0.00622 e. The third kappa shape index (κ3) is 2.75. The van der Waals surface area contributed by atoms with Crippen LogP contribution in [0.3, 0.4) is 0 Å². The molecule has 1 rings (SSSR count). The minimum atomic E-state index is 0.914. The van der Waals surface area contributed by atoms with Crippen molar-refractivity contribution in [2.75, 3.05) is 18.4 Å². The van der Waals surface area contributed by atoms with E-state index >= 15 is 0 Å². The van der Waals surface area contributed by atoms with Crippen LogP contribution in [0.25, 0.3) is 0 Å². The van der Waals surface area contributed by atoms with Gasteiger partial charge in [0, 0.05) is 5.33 Å². The van der Waals surface area contributed by atoms with Gasteiger partial charge in [-0.25, -0.2) is 0 Å². The SMILES string of the molecule is CCC(CBr)C1CCNCC1. The standard InChI is InChI=1S/C9H18BrN/c1-2-8(7-10)9-3-5-11-6-4-9/h8-9,11H,2-7H2,1H3. The van der Waals surface area contributed by atoms with Crippen LogP contribution >= 0.6 is 15.9 Å². The summed E-state index contributed by atoms with van der Waals surface area (Å²) in [6.07, 6.45) is 4.09. The molecule has 0 spiro atoms. The lowest BCUT2D eigenvalue weighted by atomic mass is 9.85. The molecule has 0 aromatic heterocycles. The molecule has 2 heteroatoms. The van der Waals surface area contributed by atoms with Crippen molar-refractivity contribution < 1.29 is 0 Å². The Morgan fingerprint density at radius 1 is 1.45 bits per heavy atom. The molecule has 0 bridgehead atoms. The normalized spacial score (nSPS) is 23.5. The monoisotopic (exact) mass is 219 g/mol. The van der Waals surface area contributed by atoms with Gasteiger partial charge in [-0.05, 0) is 37.8 Å². The maximum atomic E-state index is 3.59. The summed E-state index contributed by atoms with van der Waals surface area (Å²) in [5.41, 5.74) is 0. The Bertz CT molecular complexity index is 95.7. The van der Waals surface area contributed by atoms with Crippen LogP contribution in [-0.2, 0) is 0 Å². The van der Waals surface area contributed by atoms with Crippen molar-refractivity contribution in [2.45, 2.75) is 26.2 Å². The molecule has 0 aromatic carbocycles. The Kier molecular flexibility index (Phi) is 4.46. The Morgan fingerprint density at radius 2 is 2.09 bits per heavy atom. The zero-order valence-corrected chi connectivity index (χ0v) is 8.86. The quantitative estimate of drug-likeness (QED) is 0.720. The average molecular weight is 220 g/mol. The molecule has 0 aromatic rings. The minimum absolute atomic E-state index is 0.914. The van der Waals surface area contributed by atoms with E-state index in [4.69, 9.17) is 0 Å². The summed E-state index contributed by atoms with van der Waals surface area (Å²) in [6.45, 7) is 4.76. The molecular formula is C9H18BrN. The summed E-state index contributed by atoms with van der Waals surface area (Å²) in [6, 6.07) is 0. The first kappa shape index (κ1) is 9.53. The highest BCUT2D eigenvalue weighted by molar-refractivity contribution is 9.09. The number of rotatable bonds is 3. The van der Waals surface area contributed by atoms with Gasteiger partial charge < -0.3 is 5.32 Å². The van der Waals surface area contributed by atoms with Crippen molar-refractivity contribution in [1.82, 2.24) is 5.32 Å². The van der Waals surface area contributed by atoms with Gasteiger partial charge in [-0.1, -0.05) is 29.3 Å². The van der Waals surface area contributed by atoms with Gasteiger partial charge in [-0.15, -0.1) is 0 Å². The molecule has 1 fully saturated rings. The van der Waals surface area contributed by atoms with E-state index in [1.807, 2.05) is 0 Å². The van der Waals surface area contributed by atoms with Gasteiger partial charge in [0.25, 0.3) is 0 Å². The lowest BCUT2D eigenvalue weighted by molar-refractivity contribution is 0.275. The van der Waals surface area contributed by atoms with E-state index < -0.39 is 0 Å². The van der Waals surface area contributed by atoms with Gasteiger partial charge in [0.15, 0.2) is 0 Å². The van der Waals surface area contributed by atoms with Gasteiger partial charge in [0.05, 0.1) is 0 Å². The van der Waals surface area contributed by atoms with E-state index in [9.17, 15) is 0 Å². The van der Waals surface area contributed by atoms with Gasteiger partial charge in [-0.2, -0.15) is 0 Å². The van der Waals surface area contributed by atoms with E-state index in [0.717, 1.165) is 11.8 Å². The van der Waals surface area contributed by atoms with Crippen molar-refractivity contribution >= 4 is 15.9 Å². The van der Waals surface area contributed by atoms with Crippen LogP contribution in [0.15, 0.2) is 0 Å². The summed E-state index contributed by atoms with van der Waals surface area (Å²) in [7, 11) is 0. The number of alkyl halides is 1. The molecule has 11 heavy (non-hydrogen) atoms. The van der Waals surface area contributed by atoms with Gasteiger partial charge in [-0.3, -0.25) is 0 Å². The first-order valence-electron chi connectivity index (χ1n) is 4.65. The lowest BCUT2D eigenvalue weighted by Gasteiger charge is -2.28. The van der Waals surface area contributed by atoms with E-state index in [2.05, 4.69) is 28.2 Å². The second-order valence-corrected chi connectivity index (χ2v) is 4.06. The second kappa shape index (κ2) is 5.15. The molecule has 1 atom stereocenters. The molecule has 1 N–H and O–H groups in total. The highest BCUT2D eigenvalue weighted by Gasteiger charge is 2.20. The molecule has 1 aliphatic rings. The topological polar surface area (TPSA) is 12.0 Å². The largest absolute Gasteiger partial charge is 0.317 e. The highest BCUT2D eigenvalue weighted by Crippen LogP contribution is 2.25. The van der Waals surface area contributed by atoms with E-state index in [0.29, 0.717) is 0 Å². The zero-order valence-electron chi connectivity index (χ0n) is 7.28. The van der Waals surface area contributed by atoms with Gasteiger partial charge >= 0.3 is 0 Å². The Balaban J connectivity index is 2.30. The smallest absolute Gasteiger partial charge is 0.00622 e. The number of hydrogen-bond donors (Lipinski definition) is 1. The number of hydrogen-bond acceptors (Lipinski definition) is 1. The zero-order chi connectivity index (χ0) is 8.10. The summed E-state index contributed by atoms with van der Waals surface area (Å²) >= 11 is 3.59. The van der Waals surface area contributed by atoms with Gasteiger partial charge in [0.2, 0.25) is 0 Å². The molecule has 1 unspecified atom stereocenters. The number of piperidine rings is 1. The Labute approximate surface area is 78.1 Å². The summed E-state index contributed by atoms with van der Waals surface area (Å²) in [4.78, 5) is 0. The van der Waals surface area contributed by atoms with Crippen molar-refractivity contribution in [3.63, 3.8) is 0 Å². The fourth-order valence-electron chi connectivity index (χ4n) is 1.88. The van der Waals surface area contributed by atoms with Crippen molar-refractivity contribution in [3.8, 4) is 0 Å². The molecule has 1 saturated heterocycles. The third-order valence-corrected chi connectivity index (χ3v) is 3.60. The van der Waals surface area contributed by atoms with Crippen LogP contribution < -0.4 is 5.32 Å². The maximum absolute atomic E-state index is 3.59. The fourth-order valence-corrected chi connectivity index (χ4v) is 2.87. The van der Waals surface area contributed by atoms with Crippen LogP contribution in [-0.4, -0.2) is 18.4 Å². The summed E-state index contributed by atoms with van der Waals surface area (Å²) in [5.74, 6) is 1.89. The van der Waals surface area contributed by atoms with Crippen LogP contribution in [0.5, 0.6) is 0 Å². The van der Waals surface area contributed by atoms with Crippen molar-refractivity contribution in [2.24, 2.45) is 11.8 Å². The number of halogens is 1. The minimum Gasteiger partial charge on any atom is -0.317 e. The predicted octanol–water partition coefficient (Wildman–Crippen LogP) is 2.41. The van der Waals surface area contributed by atoms with Gasteiger partial charge in [0.1, 0.15) is 0 Å². The molecule has 1 nitrogen and oxygen atoms in total. The van der Waals surface area contributed by atoms with Crippen molar-refractivity contribution in [1.29, 1.82) is 0 Å². The van der Waals surface area contributed by atoms with Crippen LogP contribution in [0.1, 0.15) is 26.2 Å². The fraction of sp³-hybridized carbons (Fsp3) is 1.00. The van der Waals surface area contributed by atoms with E-state index in [1.165, 1.54) is 37.7 Å². The lowest BCUT2D eigenvalue weighted by Crippen LogP contribution is -2.31. The average Bonchev–Trinajstić information content (AvgIpc) is 2.09. The molecule has 1 heterocycles. The summed E-state index contributed by atoms with van der Waals surface area (Å²) < 4.78 is 0. The molecule has 0 radical (unpaired) electrons. The molecular weight excluding hydrogens is 202 g/mol. The second-order valence-electron chi connectivity index (χ2n) is 3.41. The first-order valence-corrected chi connectivity index (χ1v) is 5.77. The molecule has 0 aliphatic carbocycles. The molecule has 0 saturated carbocycles. The summed E-state index contributed by atoms with van der Waals surface area (Å²) in [5, 5.41) is 4.59. The van der Waals surface area contributed by atoms with E-state index in [1.54, 1.807) is 0 Å². The van der Waals surface area contributed by atoms with Crippen LogP contribution in [0, 0.1) is 11.8 Å². The predicted molar refractivity (Wildman–Crippen MR) is 53.2 cm³/mol. The highest BCUT2D eigenvalue weighted by atomic mass is 79.9.